The predicted octanol–water partition coefficient (Wildman–Crippen LogP) is 2.99. The van der Waals surface area contributed by atoms with Gasteiger partial charge in [0.2, 0.25) is 0 Å². The summed E-state index contributed by atoms with van der Waals surface area (Å²) in [5, 5.41) is 45.1. The van der Waals surface area contributed by atoms with Crippen LogP contribution in [-0.2, 0) is 0 Å². The third kappa shape index (κ3) is 5.93. The van der Waals surface area contributed by atoms with Crippen molar-refractivity contribution in [2.24, 2.45) is 0 Å². The number of benzene rings is 1. The van der Waals surface area contributed by atoms with Gasteiger partial charge in [-0.2, -0.15) is 15.8 Å². The van der Waals surface area contributed by atoms with Crippen LogP contribution < -0.4 is 9.47 Å². The van der Waals surface area contributed by atoms with Crippen LogP contribution in [0.1, 0.15) is 15.3 Å². The summed E-state index contributed by atoms with van der Waals surface area (Å²) in [7, 11) is 0. The molecule has 0 radical (unpaired) electrons. The highest BCUT2D eigenvalue weighted by Crippen LogP contribution is 2.30. The molecule has 0 atom stereocenters. The number of hydrogen-bond donors (Lipinski definition) is 2. The summed E-state index contributed by atoms with van der Waals surface area (Å²) in [6, 6.07) is 14.1. The molecule has 1 heterocycles. The van der Waals surface area contributed by atoms with Gasteiger partial charge in [-0.15, -0.1) is 11.3 Å². The number of nitriles is 3. The van der Waals surface area contributed by atoms with E-state index in [1.54, 1.807) is 42.5 Å². The lowest BCUT2D eigenvalue weighted by atomic mass is 10.1. The maximum Gasteiger partial charge on any atom is 0.148 e. The summed E-state index contributed by atoms with van der Waals surface area (Å²) in [6.07, 6.45) is 3.63. The van der Waals surface area contributed by atoms with Crippen LogP contribution in [0.3, 0.4) is 0 Å². The van der Waals surface area contributed by atoms with E-state index in [1.165, 1.54) is 11.3 Å². The molecule has 8 heteroatoms. The fourth-order valence-corrected chi connectivity index (χ4v) is 3.22. The topological polar surface area (TPSA) is 130 Å². The Balaban J connectivity index is 2.29. The Morgan fingerprint density at radius 2 is 1.66 bits per heavy atom. The van der Waals surface area contributed by atoms with Crippen molar-refractivity contribution in [3.8, 4) is 29.7 Å². The van der Waals surface area contributed by atoms with Gasteiger partial charge in [-0.05, 0) is 36.4 Å². The molecule has 2 rings (SSSR count). The van der Waals surface area contributed by atoms with Crippen LogP contribution in [0, 0.1) is 34.0 Å². The summed E-state index contributed by atoms with van der Waals surface area (Å²) in [4.78, 5) is 1.35. The summed E-state index contributed by atoms with van der Waals surface area (Å²) in [5.74, 6) is 1.04. The van der Waals surface area contributed by atoms with E-state index in [0.29, 0.717) is 16.4 Å². The lowest BCUT2D eigenvalue weighted by Gasteiger charge is -2.11. The van der Waals surface area contributed by atoms with E-state index >= 15 is 0 Å². The zero-order valence-electron chi connectivity index (χ0n) is 15.3. The van der Waals surface area contributed by atoms with Crippen LogP contribution in [0.15, 0.2) is 35.9 Å². The van der Waals surface area contributed by atoms with Crippen molar-refractivity contribution in [2.75, 3.05) is 26.4 Å². The Bertz CT molecular complexity index is 1020. The fraction of sp³-hybridized carbons (Fsp3) is 0.190. The average molecular weight is 407 g/mol. The molecule has 0 aliphatic heterocycles. The summed E-state index contributed by atoms with van der Waals surface area (Å²) < 4.78 is 10.9. The number of allylic oxidation sites excluding steroid dienone is 2. The molecule has 0 bridgehead atoms. The molecule has 0 unspecified atom stereocenters. The number of ether oxygens (including phenoxy) is 2. The summed E-state index contributed by atoms with van der Waals surface area (Å²) in [5.41, 5.74) is 0.579. The van der Waals surface area contributed by atoms with Crippen LogP contribution in [0.5, 0.6) is 11.5 Å². The molecule has 0 amide bonds. The van der Waals surface area contributed by atoms with Crippen molar-refractivity contribution < 1.29 is 19.7 Å². The molecular weight excluding hydrogens is 390 g/mol. The second-order valence-corrected chi connectivity index (χ2v) is 6.58. The van der Waals surface area contributed by atoms with Crippen molar-refractivity contribution in [3.63, 3.8) is 0 Å². The third-order valence-electron chi connectivity index (χ3n) is 3.58. The fourth-order valence-electron chi connectivity index (χ4n) is 2.31. The molecule has 0 fully saturated rings. The van der Waals surface area contributed by atoms with E-state index in [9.17, 15) is 5.26 Å². The molecule has 1 aromatic carbocycles. The molecular formula is C21H17N3O4S. The van der Waals surface area contributed by atoms with Crippen LogP contribution in [0.4, 0.5) is 0 Å². The van der Waals surface area contributed by atoms with Gasteiger partial charge in [-0.25, -0.2) is 0 Å². The SMILES string of the molecule is N#CC(C#N)=C(C#N)c1ccc(/C=C/c2ccc(OCCO)cc2OCCO)s1. The number of rotatable bonds is 9. The molecule has 29 heavy (non-hydrogen) atoms. The Kier molecular flexibility index (Phi) is 8.44. The first-order chi connectivity index (χ1) is 14.2. The Morgan fingerprint density at radius 3 is 2.31 bits per heavy atom. The second kappa shape index (κ2) is 11.3. The van der Waals surface area contributed by atoms with Crippen molar-refractivity contribution in [3.05, 3.63) is 51.2 Å². The minimum atomic E-state index is -0.219. The maximum atomic E-state index is 9.25. The number of nitrogens with zero attached hydrogens (tertiary/aromatic N) is 3. The number of thiophene rings is 1. The Labute approximate surface area is 172 Å². The van der Waals surface area contributed by atoms with E-state index in [1.807, 2.05) is 18.2 Å². The zero-order valence-corrected chi connectivity index (χ0v) is 16.1. The molecule has 0 spiro atoms. The van der Waals surface area contributed by atoms with Crippen molar-refractivity contribution in [2.45, 2.75) is 0 Å². The first-order valence-electron chi connectivity index (χ1n) is 8.51. The minimum Gasteiger partial charge on any atom is -0.491 e. The molecule has 0 aliphatic rings. The van der Waals surface area contributed by atoms with Gasteiger partial charge in [0.1, 0.15) is 48.5 Å². The zero-order chi connectivity index (χ0) is 21.1. The predicted molar refractivity (Wildman–Crippen MR) is 109 cm³/mol. The maximum absolute atomic E-state index is 9.25. The van der Waals surface area contributed by atoms with Crippen molar-refractivity contribution in [1.82, 2.24) is 0 Å². The Hall–Kier alpha value is -3.61. The molecule has 146 valence electrons. The van der Waals surface area contributed by atoms with E-state index in [-0.39, 0.29) is 37.6 Å². The highest BCUT2D eigenvalue weighted by atomic mass is 32.1. The molecule has 7 nitrogen and oxygen atoms in total. The van der Waals surface area contributed by atoms with Crippen molar-refractivity contribution in [1.29, 1.82) is 15.8 Å². The average Bonchev–Trinajstić information content (AvgIpc) is 3.22. The van der Waals surface area contributed by atoms with Gasteiger partial charge in [0, 0.05) is 21.4 Å². The number of aliphatic hydroxyl groups is 2. The standard InChI is InChI=1S/C21H17N3O4S/c22-12-16(13-23)19(14-24)21-6-5-18(29-21)4-2-15-1-3-17(27-9-7-25)11-20(15)28-10-8-26/h1-6,11,25-26H,7-10H2/b4-2+. The summed E-state index contributed by atoms with van der Waals surface area (Å²) in [6.45, 7) is 0.0415. The summed E-state index contributed by atoms with van der Waals surface area (Å²) >= 11 is 1.28. The monoisotopic (exact) mass is 407 g/mol. The second-order valence-electron chi connectivity index (χ2n) is 5.46. The van der Waals surface area contributed by atoms with Gasteiger partial charge in [-0.3, -0.25) is 0 Å². The molecule has 0 saturated carbocycles. The quantitative estimate of drug-likeness (QED) is 0.611. The van der Waals surface area contributed by atoms with E-state index in [2.05, 4.69) is 0 Å². The molecule has 1 aromatic heterocycles. The number of aliphatic hydroxyl groups excluding tert-OH is 2. The van der Waals surface area contributed by atoms with Gasteiger partial charge < -0.3 is 19.7 Å². The minimum absolute atomic E-state index is 0.0528. The first-order valence-corrected chi connectivity index (χ1v) is 9.32. The van der Waals surface area contributed by atoms with Gasteiger partial charge >= 0.3 is 0 Å². The highest BCUT2D eigenvalue weighted by molar-refractivity contribution is 7.14. The molecule has 0 saturated heterocycles. The number of hydrogen-bond acceptors (Lipinski definition) is 8. The van der Waals surface area contributed by atoms with E-state index in [0.717, 1.165) is 10.4 Å². The lowest BCUT2D eigenvalue weighted by Crippen LogP contribution is -2.05. The Morgan fingerprint density at radius 1 is 0.931 bits per heavy atom. The van der Waals surface area contributed by atoms with E-state index in [4.69, 9.17) is 30.2 Å². The van der Waals surface area contributed by atoms with Crippen LogP contribution in [0.25, 0.3) is 17.7 Å². The largest absolute Gasteiger partial charge is 0.491 e. The molecule has 2 N–H and O–H groups in total. The van der Waals surface area contributed by atoms with Crippen LogP contribution >= 0.6 is 11.3 Å². The van der Waals surface area contributed by atoms with Gasteiger partial charge in [0.05, 0.1) is 18.8 Å². The smallest absolute Gasteiger partial charge is 0.148 e. The third-order valence-corrected chi connectivity index (χ3v) is 4.65. The van der Waals surface area contributed by atoms with Crippen molar-refractivity contribution >= 4 is 29.1 Å². The first kappa shape index (κ1) is 21.7. The normalized spacial score (nSPS) is 10.0. The molecule has 2 aromatic rings. The van der Waals surface area contributed by atoms with Crippen LogP contribution in [-0.4, -0.2) is 36.6 Å². The van der Waals surface area contributed by atoms with Gasteiger partial charge in [0.25, 0.3) is 0 Å². The van der Waals surface area contributed by atoms with Crippen LogP contribution in [0.2, 0.25) is 0 Å². The van der Waals surface area contributed by atoms with Gasteiger partial charge in [0.15, 0.2) is 0 Å². The van der Waals surface area contributed by atoms with Gasteiger partial charge in [-0.1, -0.05) is 0 Å². The highest BCUT2D eigenvalue weighted by Gasteiger charge is 2.11. The molecule has 0 aliphatic carbocycles. The van der Waals surface area contributed by atoms with E-state index < -0.39 is 0 Å². The lowest BCUT2D eigenvalue weighted by molar-refractivity contribution is 0.194.